The standard InChI is InChI=1S/C5H10.H2O2/c1-4-5(2)3;1-2/h2,4H2,1,3H3;1-2H. The molecule has 0 aromatic rings. The number of hydrogen-bond acceptors (Lipinski definition) is 2. The molecule has 0 aliphatic carbocycles. The van der Waals surface area contributed by atoms with Gasteiger partial charge in [-0.1, -0.05) is 12.5 Å². The van der Waals surface area contributed by atoms with Gasteiger partial charge in [-0.05, 0) is 13.3 Å². The highest BCUT2D eigenvalue weighted by Crippen LogP contribution is 1.88. The van der Waals surface area contributed by atoms with E-state index >= 15 is 0 Å². The molecule has 0 unspecified atom stereocenters. The Kier molecular flexibility index (Phi) is 12.9. The first kappa shape index (κ1) is 9.83. The molecule has 0 radical (unpaired) electrons. The monoisotopic (exact) mass is 104 g/mol. The third-order valence-corrected chi connectivity index (χ3v) is 0.604. The van der Waals surface area contributed by atoms with Crippen LogP contribution in [0.15, 0.2) is 12.2 Å². The molecule has 0 amide bonds. The molecule has 7 heavy (non-hydrogen) atoms. The van der Waals surface area contributed by atoms with E-state index in [1.165, 1.54) is 5.57 Å². The summed E-state index contributed by atoms with van der Waals surface area (Å²) in [7, 11) is 0. The molecule has 44 valence electrons. The van der Waals surface area contributed by atoms with Crippen molar-refractivity contribution >= 4 is 0 Å². The zero-order valence-electron chi connectivity index (χ0n) is 4.81. The summed E-state index contributed by atoms with van der Waals surface area (Å²) in [5.74, 6) is 0. The molecule has 0 rings (SSSR count). The normalized spacial score (nSPS) is 6.29. The van der Waals surface area contributed by atoms with E-state index in [0.29, 0.717) is 0 Å². The third kappa shape index (κ3) is 27.5. The van der Waals surface area contributed by atoms with Gasteiger partial charge >= 0.3 is 0 Å². The van der Waals surface area contributed by atoms with Crippen LogP contribution in [0.1, 0.15) is 20.3 Å². The van der Waals surface area contributed by atoms with Crippen LogP contribution in [0.5, 0.6) is 0 Å². The Balaban J connectivity index is 0. The van der Waals surface area contributed by atoms with E-state index in [0.717, 1.165) is 6.42 Å². The van der Waals surface area contributed by atoms with Crippen molar-refractivity contribution in [1.29, 1.82) is 0 Å². The maximum absolute atomic E-state index is 6.00. The second-order valence-electron chi connectivity index (χ2n) is 1.31. The third-order valence-electron chi connectivity index (χ3n) is 0.604. The van der Waals surface area contributed by atoms with E-state index in [9.17, 15) is 0 Å². The van der Waals surface area contributed by atoms with Crippen LogP contribution in [0.3, 0.4) is 0 Å². The van der Waals surface area contributed by atoms with Gasteiger partial charge in [0.15, 0.2) is 0 Å². The molecule has 0 aliphatic rings. The predicted octanol–water partition coefficient (Wildman–Crippen LogP) is 1.99. The highest BCUT2D eigenvalue weighted by molar-refractivity contribution is 4.84. The first-order chi connectivity index (χ1) is 3.27. The SMILES string of the molecule is C=C(C)CC.OO. The van der Waals surface area contributed by atoms with Crippen molar-refractivity contribution in [2.45, 2.75) is 20.3 Å². The van der Waals surface area contributed by atoms with Crippen LogP contribution in [0.25, 0.3) is 0 Å². The highest BCUT2D eigenvalue weighted by Gasteiger charge is 1.67. The van der Waals surface area contributed by atoms with Crippen LogP contribution in [-0.4, -0.2) is 10.5 Å². The molecule has 2 nitrogen and oxygen atoms in total. The van der Waals surface area contributed by atoms with E-state index in [-0.39, 0.29) is 0 Å². The quantitative estimate of drug-likeness (QED) is 0.303. The minimum atomic E-state index is 1.11. The van der Waals surface area contributed by atoms with Crippen molar-refractivity contribution in [2.75, 3.05) is 0 Å². The zero-order valence-corrected chi connectivity index (χ0v) is 4.81. The summed E-state index contributed by atoms with van der Waals surface area (Å²) in [5, 5.41) is 12.0. The minimum Gasteiger partial charge on any atom is -0.255 e. The van der Waals surface area contributed by atoms with Gasteiger partial charge in [0.05, 0.1) is 0 Å². The fourth-order valence-corrected chi connectivity index (χ4v) is 0. The topological polar surface area (TPSA) is 40.5 Å². The van der Waals surface area contributed by atoms with Gasteiger partial charge in [-0.2, -0.15) is 0 Å². The summed E-state index contributed by atoms with van der Waals surface area (Å²) in [4.78, 5) is 0. The first-order valence-electron chi connectivity index (χ1n) is 2.11. The summed E-state index contributed by atoms with van der Waals surface area (Å²) in [6.45, 7) is 7.80. The maximum atomic E-state index is 6.00. The average Bonchev–Trinajstić information content (AvgIpc) is 1.73. The lowest BCUT2D eigenvalue weighted by Crippen LogP contribution is -1.58. The Hall–Kier alpha value is -0.340. The average molecular weight is 104 g/mol. The van der Waals surface area contributed by atoms with E-state index < -0.39 is 0 Å². The fourth-order valence-electron chi connectivity index (χ4n) is 0. The van der Waals surface area contributed by atoms with Gasteiger partial charge in [-0.25, -0.2) is 0 Å². The predicted molar refractivity (Wildman–Crippen MR) is 30.4 cm³/mol. The lowest BCUT2D eigenvalue weighted by atomic mass is 10.3. The van der Waals surface area contributed by atoms with Gasteiger partial charge in [-0.3, -0.25) is 10.5 Å². The molecule has 0 aliphatic heterocycles. The maximum Gasteiger partial charge on any atom is -0.0354 e. The van der Waals surface area contributed by atoms with Gasteiger partial charge in [-0.15, -0.1) is 6.58 Å². The van der Waals surface area contributed by atoms with Crippen LogP contribution < -0.4 is 0 Å². The smallest absolute Gasteiger partial charge is 0.0354 e. The van der Waals surface area contributed by atoms with E-state index in [2.05, 4.69) is 13.5 Å². The molecule has 0 spiro atoms. The van der Waals surface area contributed by atoms with Crippen molar-refractivity contribution in [3.05, 3.63) is 12.2 Å². The summed E-state index contributed by atoms with van der Waals surface area (Å²) in [5.41, 5.74) is 1.25. The number of allylic oxidation sites excluding steroid dienone is 1. The molecule has 0 heterocycles. The van der Waals surface area contributed by atoms with Gasteiger partial charge in [0, 0.05) is 0 Å². The molecule has 0 saturated heterocycles. The Bertz CT molecular complexity index is 41.3. The largest absolute Gasteiger partial charge is 0.255 e. The van der Waals surface area contributed by atoms with Gasteiger partial charge in [0.25, 0.3) is 0 Å². The summed E-state index contributed by atoms with van der Waals surface area (Å²) in [6, 6.07) is 0. The van der Waals surface area contributed by atoms with Gasteiger partial charge < -0.3 is 0 Å². The van der Waals surface area contributed by atoms with E-state index in [1.807, 2.05) is 6.92 Å². The Morgan fingerprint density at radius 3 is 1.71 bits per heavy atom. The van der Waals surface area contributed by atoms with Crippen molar-refractivity contribution in [1.82, 2.24) is 0 Å². The molecule has 0 saturated carbocycles. The van der Waals surface area contributed by atoms with E-state index in [4.69, 9.17) is 10.5 Å². The molecule has 0 aromatic heterocycles. The molecule has 0 atom stereocenters. The van der Waals surface area contributed by atoms with Crippen LogP contribution >= 0.6 is 0 Å². The minimum absolute atomic E-state index is 1.11. The summed E-state index contributed by atoms with van der Waals surface area (Å²) in [6.07, 6.45) is 1.11. The molecule has 2 N–H and O–H groups in total. The molecule has 2 heteroatoms. The van der Waals surface area contributed by atoms with Gasteiger partial charge in [0.2, 0.25) is 0 Å². The molecular weight excluding hydrogens is 92.1 g/mol. The Labute approximate surface area is 44.0 Å². The van der Waals surface area contributed by atoms with Crippen molar-refractivity contribution in [3.8, 4) is 0 Å². The lowest BCUT2D eigenvalue weighted by Gasteiger charge is -1.79. The number of hydrogen-bond donors (Lipinski definition) is 2. The van der Waals surface area contributed by atoms with Crippen LogP contribution in [0, 0.1) is 0 Å². The summed E-state index contributed by atoms with van der Waals surface area (Å²) >= 11 is 0. The molecule has 0 bridgehead atoms. The van der Waals surface area contributed by atoms with Crippen LogP contribution in [0.4, 0.5) is 0 Å². The number of rotatable bonds is 1. The first-order valence-corrected chi connectivity index (χ1v) is 2.11. The highest BCUT2D eigenvalue weighted by atomic mass is 17.0. The van der Waals surface area contributed by atoms with Crippen molar-refractivity contribution in [2.24, 2.45) is 0 Å². The Morgan fingerprint density at radius 2 is 1.71 bits per heavy atom. The molecule has 0 fully saturated rings. The van der Waals surface area contributed by atoms with Crippen LogP contribution in [0.2, 0.25) is 0 Å². The van der Waals surface area contributed by atoms with Crippen LogP contribution in [-0.2, 0) is 0 Å². The Morgan fingerprint density at radius 1 is 1.57 bits per heavy atom. The molecular formula is C5H12O2. The molecule has 0 aromatic carbocycles. The second kappa shape index (κ2) is 9.18. The summed E-state index contributed by atoms with van der Waals surface area (Å²) < 4.78 is 0. The van der Waals surface area contributed by atoms with Gasteiger partial charge in [0.1, 0.15) is 0 Å². The van der Waals surface area contributed by atoms with E-state index in [1.54, 1.807) is 0 Å². The lowest BCUT2D eigenvalue weighted by molar-refractivity contribution is -0.176. The second-order valence-corrected chi connectivity index (χ2v) is 1.31. The fraction of sp³-hybridized carbons (Fsp3) is 0.600. The zero-order chi connectivity index (χ0) is 6.28. The van der Waals surface area contributed by atoms with Crippen molar-refractivity contribution < 1.29 is 10.5 Å². The van der Waals surface area contributed by atoms with Crippen molar-refractivity contribution in [3.63, 3.8) is 0 Å².